The van der Waals surface area contributed by atoms with Crippen LogP contribution in [0, 0.1) is 13.8 Å². The summed E-state index contributed by atoms with van der Waals surface area (Å²) in [4.78, 5) is 35.7. The van der Waals surface area contributed by atoms with Crippen molar-refractivity contribution in [3.05, 3.63) is 68.7 Å². The molecule has 2 heterocycles. The SMILES string of the molecule is Cc1c(CC(=O)NCCCCCC(=O)[O-])c(=O)oc2c(C)c3occ(-c4ccc(Cl)cc4)c3cc12. The van der Waals surface area contributed by atoms with E-state index < -0.39 is 11.6 Å². The summed E-state index contributed by atoms with van der Waals surface area (Å²) in [6, 6.07) is 9.39. The first-order valence-electron chi connectivity index (χ1n) is 11.5. The molecule has 35 heavy (non-hydrogen) atoms. The van der Waals surface area contributed by atoms with E-state index in [9.17, 15) is 19.5 Å². The summed E-state index contributed by atoms with van der Waals surface area (Å²) >= 11 is 6.03. The summed E-state index contributed by atoms with van der Waals surface area (Å²) in [6.45, 7) is 4.06. The topological polar surface area (TPSA) is 113 Å². The maximum absolute atomic E-state index is 12.8. The molecule has 8 heteroatoms. The number of carboxylic acids is 1. The maximum Gasteiger partial charge on any atom is 0.340 e. The van der Waals surface area contributed by atoms with E-state index in [1.165, 1.54) is 0 Å². The third-order valence-corrected chi connectivity index (χ3v) is 6.47. The minimum absolute atomic E-state index is 0.00829. The first-order valence-corrected chi connectivity index (χ1v) is 11.8. The molecule has 182 valence electrons. The van der Waals surface area contributed by atoms with Gasteiger partial charge in [-0.1, -0.05) is 30.2 Å². The van der Waals surface area contributed by atoms with Crippen LogP contribution in [0.3, 0.4) is 0 Å². The second-order valence-electron chi connectivity index (χ2n) is 8.61. The molecule has 2 aromatic heterocycles. The zero-order valence-corrected chi connectivity index (χ0v) is 20.3. The molecule has 1 amide bonds. The second-order valence-corrected chi connectivity index (χ2v) is 9.05. The van der Waals surface area contributed by atoms with Gasteiger partial charge in [0.25, 0.3) is 0 Å². The molecule has 0 aliphatic heterocycles. The highest BCUT2D eigenvalue weighted by atomic mass is 35.5. The number of nitrogens with one attached hydrogen (secondary N) is 1. The Morgan fingerprint density at radius 2 is 1.74 bits per heavy atom. The average Bonchev–Trinajstić information content (AvgIpc) is 3.24. The van der Waals surface area contributed by atoms with Gasteiger partial charge in [0.05, 0.1) is 18.2 Å². The summed E-state index contributed by atoms with van der Waals surface area (Å²) in [5.74, 6) is -1.36. The zero-order valence-electron chi connectivity index (χ0n) is 19.5. The first-order chi connectivity index (χ1) is 16.8. The van der Waals surface area contributed by atoms with Crippen LogP contribution in [0.2, 0.25) is 5.02 Å². The van der Waals surface area contributed by atoms with Crippen LogP contribution in [0.5, 0.6) is 0 Å². The van der Waals surface area contributed by atoms with E-state index in [1.807, 2.05) is 44.2 Å². The molecular formula is C27H25ClNO6-. The van der Waals surface area contributed by atoms with Crippen molar-refractivity contribution >= 4 is 45.4 Å². The molecule has 0 bridgehead atoms. The van der Waals surface area contributed by atoms with Crippen molar-refractivity contribution in [2.45, 2.75) is 46.0 Å². The molecular weight excluding hydrogens is 470 g/mol. The summed E-state index contributed by atoms with van der Waals surface area (Å²) in [5, 5.41) is 15.5. The monoisotopic (exact) mass is 494 g/mol. The van der Waals surface area contributed by atoms with Gasteiger partial charge in [0.15, 0.2) is 0 Å². The van der Waals surface area contributed by atoms with Gasteiger partial charge in [-0.25, -0.2) is 4.79 Å². The van der Waals surface area contributed by atoms with E-state index in [1.54, 1.807) is 6.26 Å². The number of halogens is 1. The van der Waals surface area contributed by atoms with Crippen LogP contribution in [-0.2, 0) is 16.0 Å². The first kappa shape index (κ1) is 24.5. The van der Waals surface area contributed by atoms with Gasteiger partial charge in [0.1, 0.15) is 11.2 Å². The Hall–Kier alpha value is -3.58. The van der Waals surface area contributed by atoms with E-state index >= 15 is 0 Å². The minimum Gasteiger partial charge on any atom is -0.550 e. The largest absolute Gasteiger partial charge is 0.550 e. The van der Waals surface area contributed by atoms with Crippen molar-refractivity contribution in [2.75, 3.05) is 6.54 Å². The Balaban J connectivity index is 1.61. The molecule has 0 atom stereocenters. The number of hydrogen-bond donors (Lipinski definition) is 1. The van der Waals surface area contributed by atoms with E-state index in [4.69, 9.17) is 20.4 Å². The molecule has 0 radical (unpaired) electrons. The standard InChI is InChI=1S/C27H26ClNO6/c1-15-19-12-21-22(17-7-9-18(28)10-8-17)14-34-25(21)16(2)26(19)35-27(33)20(15)13-23(30)29-11-5-3-4-6-24(31)32/h7-10,12,14H,3-6,11,13H2,1-2H3,(H,29,30)(H,31,32)/p-1. The summed E-state index contributed by atoms with van der Waals surface area (Å²) in [7, 11) is 0. The third kappa shape index (κ3) is 5.25. The Labute approximate surface area is 206 Å². The molecule has 4 rings (SSSR count). The molecule has 0 saturated carbocycles. The molecule has 7 nitrogen and oxygen atoms in total. The number of furan rings is 1. The molecule has 0 fully saturated rings. The number of rotatable bonds is 9. The molecule has 4 aromatic rings. The van der Waals surface area contributed by atoms with Crippen molar-refractivity contribution in [2.24, 2.45) is 0 Å². The predicted octanol–water partition coefficient (Wildman–Crippen LogP) is 4.45. The molecule has 2 aromatic carbocycles. The highest BCUT2D eigenvalue weighted by molar-refractivity contribution is 6.30. The van der Waals surface area contributed by atoms with E-state index in [-0.39, 0.29) is 18.7 Å². The normalized spacial score (nSPS) is 11.3. The van der Waals surface area contributed by atoms with Crippen LogP contribution in [0.15, 0.2) is 50.2 Å². The van der Waals surface area contributed by atoms with E-state index in [2.05, 4.69) is 5.32 Å². The average molecular weight is 495 g/mol. The predicted molar refractivity (Wildman–Crippen MR) is 132 cm³/mol. The van der Waals surface area contributed by atoms with Gasteiger partial charge in [-0.15, -0.1) is 0 Å². The van der Waals surface area contributed by atoms with E-state index in [0.717, 1.165) is 21.9 Å². The molecule has 1 N–H and O–H groups in total. The van der Waals surface area contributed by atoms with Crippen molar-refractivity contribution in [1.82, 2.24) is 5.32 Å². The van der Waals surface area contributed by atoms with Crippen molar-refractivity contribution < 1.29 is 23.5 Å². The van der Waals surface area contributed by atoms with Gasteiger partial charge in [0, 0.05) is 39.4 Å². The van der Waals surface area contributed by atoms with Crippen molar-refractivity contribution in [3.63, 3.8) is 0 Å². The molecule has 0 unspecified atom stereocenters. The van der Waals surface area contributed by atoms with Gasteiger partial charge in [-0.3, -0.25) is 4.79 Å². The number of benzene rings is 2. The molecule has 0 saturated heterocycles. The Morgan fingerprint density at radius 3 is 2.46 bits per heavy atom. The van der Waals surface area contributed by atoms with Gasteiger partial charge >= 0.3 is 5.63 Å². The van der Waals surface area contributed by atoms with Crippen LogP contribution in [0.1, 0.15) is 42.4 Å². The van der Waals surface area contributed by atoms with Gasteiger partial charge in [-0.05, 0) is 62.4 Å². The molecule has 0 aliphatic rings. The number of carbonyl (C=O) groups is 2. The number of aliphatic carboxylic acids is 1. The fourth-order valence-corrected chi connectivity index (χ4v) is 4.40. The quantitative estimate of drug-likeness (QED) is 0.272. The van der Waals surface area contributed by atoms with Crippen molar-refractivity contribution in [1.29, 1.82) is 0 Å². The number of amides is 1. The fourth-order valence-electron chi connectivity index (χ4n) is 4.28. The maximum atomic E-state index is 12.8. The van der Waals surface area contributed by atoms with Crippen LogP contribution in [0.25, 0.3) is 33.1 Å². The van der Waals surface area contributed by atoms with Crippen LogP contribution >= 0.6 is 11.6 Å². The van der Waals surface area contributed by atoms with E-state index in [0.29, 0.717) is 58.7 Å². The summed E-state index contributed by atoms with van der Waals surface area (Å²) in [6.07, 6.45) is 3.40. The number of fused-ring (bicyclic) bond motifs is 2. The van der Waals surface area contributed by atoms with Gasteiger partial charge in [0.2, 0.25) is 5.91 Å². The molecule has 0 spiro atoms. The van der Waals surface area contributed by atoms with Crippen molar-refractivity contribution in [3.8, 4) is 11.1 Å². The van der Waals surface area contributed by atoms with Crippen LogP contribution in [0.4, 0.5) is 0 Å². The lowest BCUT2D eigenvalue weighted by Crippen LogP contribution is -2.28. The van der Waals surface area contributed by atoms with Crippen LogP contribution < -0.4 is 16.0 Å². The minimum atomic E-state index is -1.07. The lowest BCUT2D eigenvalue weighted by Gasteiger charge is -2.11. The number of unbranched alkanes of at least 4 members (excludes halogenated alkanes) is 2. The highest BCUT2D eigenvalue weighted by Gasteiger charge is 2.20. The Morgan fingerprint density at radius 1 is 1.00 bits per heavy atom. The second kappa shape index (κ2) is 10.4. The Bertz CT molecular complexity index is 1470. The van der Waals surface area contributed by atoms with Crippen LogP contribution in [-0.4, -0.2) is 18.4 Å². The van der Waals surface area contributed by atoms with Gasteiger partial charge < -0.3 is 24.1 Å². The summed E-state index contributed by atoms with van der Waals surface area (Å²) in [5.41, 5.74) is 4.07. The lowest BCUT2D eigenvalue weighted by atomic mass is 9.97. The number of carbonyl (C=O) groups excluding carboxylic acids is 2. The zero-order chi connectivity index (χ0) is 25.1. The number of carboxylic acid groups (broad SMARTS) is 1. The molecule has 0 aliphatic carbocycles. The third-order valence-electron chi connectivity index (χ3n) is 6.21. The summed E-state index contributed by atoms with van der Waals surface area (Å²) < 4.78 is 11.5. The number of hydrogen-bond acceptors (Lipinski definition) is 6. The lowest BCUT2D eigenvalue weighted by molar-refractivity contribution is -0.305. The Kier molecular flexibility index (Phi) is 7.26. The number of aryl methyl sites for hydroxylation is 2. The smallest absolute Gasteiger partial charge is 0.340 e. The fraction of sp³-hybridized carbons (Fsp3) is 0.296. The highest BCUT2D eigenvalue weighted by Crippen LogP contribution is 2.37. The van der Waals surface area contributed by atoms with Gasteiger partial charge in [-0.2, -0.15) is 0 Å².